The lowest BCUT2D eigenvalue weighted by atomic mass is 10.3. The molecule has 0 saturated heterocycles. The second-order valence-electron chi connectivity index (χ2n) is 4.31. The van der Waals surface area contributed by atoms with Gasteiger partial charge in [0.25, 0.3) is 0 Å². The maximum atomic E-state index is 11.2. The Balaban J connectivity index is 2.02. The summed E-state index contributed by atoms with van der Waals surface area (Å²) >= 11 is 1.10. The van der Waals surface area contributed by atoms with Crippen LogP contribution >= 0.6 is 11.3 Å². The first-order chi connectivity index (χ1) is 9.83. The van der Waals surface area contributed by atoms with E-state index in [2.05, 4.69) is 10.0 Å². The number of nitrogens with zero attached hydrogens (tertiary/aromatic N) is 1. The van der Waals surface area contributed by atoms with Crippen LogP contribution in [0.3, 0.4) is 0 Å². The molecule has 0 aliphatic rings. The van der Waals surface area contributed by atoms with Crippen LogP contribution in [0.4, 0.5) is 16.4 Å². The summed E-state index contributed by atoms with van der Waals surface area (Å²) in [4.78, 5) is 11.0. The zero-order valence-electron chi connectivity index (χ0n) is 11.1. The van der Waals surface area contributed by atoms with Crippen molar-refractivity contribution >= 4 is 37.7 Å². The molecular weight excluding hydrogens is 314 g/mol. The van der Waals surface area contributed by atoms with Crippen molar-refractivity contribution < 1.29 is 13.3 Å². The molecular formula is C12H13N3O4S2. The summed E-state index contributed by atoms with van der Waals surface area (Å²) in [5.41, 5.74) is 1.18. The molecule has 112 valence electrons. The van der Waals surface area contributed by atoms with E-state index in [9.17, 15) is 18.5 Å². The van der Waals surface area contributed by atoms with Gasteiger partial charge in [-0.2, -0.15) is 0 Å². The molecule has 0 unspecified atom stereocenters. The molecule has 0 atom stereocenters. The molecule has 2 rings (SSSR count). The first kappa shape index (κ1) is 15.3. The van der Waals surface area contributed by atoms with Crippen LogP contribution in [0.15, 0.2) is 36.4 Å². The van der Waals surface area contributed by atoms with Gasteiger partial charge in [0.15, 0.2) is 0 Å². The molecule has 0 aliphatic carbocycles. The molecule has 2 aromatic rings. The van der Waals surface area contributed by atoms with Crippen molar-refractivity contribution in [1.29, 1.82) is 0 Å². The predicted octanol–water partition coefficient (Wildman–Crippen LogP) is 2.64. The van der Waals surface area contributed by atoms with Gasteiger partial charge in [-0.05, 0) is 24.3 Å². The Bertz CT molecular complexity index is 755. The quantitative estimate of drug-likeness (QED) is 0.627. The lowest BCUT2D eigenvalue weighted by Crippen LogP contribution is -2.09. The third-order valence-electron chi connectivity index (χ3n) is 2.46. The number of benzene rings is 1. The average Bonchev–Trinajstić information content (AvgIpc) is 2.83. The van der Waals surface area contributed by atoms with Gasteiger partial charge in [0, 0.05) is 23.2 Å². The van der Waals surface area contributed by atoms with Crippen molar-refractivity contribution in [3.8, 4) is 0 Å². The van der Waals surface area contributed by atoms with Gasteiger partial charge in [0.2, 0.25) is 10.0 Å². The van der Waals surface area contributed by atoms with Gasteiger partial charge in [-0.25, -0.2) is 8.42 Å². The van der Waals surface area contributed by atoms with Gasteiger partial charge in [0.05, 0.1) is 16.9 Å². The second-order valence-corrected chi connectivity index (χ2v) is 7.20. The summed E-state index contributed by atoms with van der Waals surface area (Å²) in [7, 11) is -3.32. The Labute approximate surface area is 125 Å². The Morgan fingerprint density at radius 2 is 1.95 bits per heavy atom. The number of rotatable bonds is 6. The van der Waals surface area contributed by atoms with Crippen molar-refractivity contribution in [2.75, 3.05) is 16.3 Å². The highest BCUT2D eigenvalue weighted by Gasteiger charge is 2.09. The van der Waals surface area contributed by atoms with E-state index >= 15 is 0 Å². The van der Waals surface area contributed by atoms with Gasteiger partial charge in [-0.3, -0.25) is 14.8 Å². The van der Waals surface area contributed by atoms with Crippen molar-refractivity contribution in [2.24, 2.45) is 0 Å². The Kier molecular flexibility index (Phi) is 4.43. The predicted molar refractivity (Wildman–Crippen MR) is 83.2 cm³/mol. The molecule has 1 aromatic heterocycles. The molecule has 7 nitrogen and oxygen atoms in total. The van der Waals surface area contributed by atoms with Gasteiger partial charge in [-0.15, -0.1) is 0 Å². The number of hydrogen-bond acceptors (Lipinski definition) is 6. The van der Waals surface area contributed by atoms with E-state index in [-0.39, 0.29) is 5.00 Å². The number of sulfonamides is 1. The van der Waals surface area contributed by atoms with Gasteiger partial charge < -0.3 is 5.32 Å². The molecule has 1 heterocycles. The summed E-state index contributed by atoms with van der Waals surface area (Å²) in [6, 6.07) is 9.95. The van der Waals surface area contributed by atoms with Crippen molar-refractivity contribution in [2.45, 2.75) is 6.54 Å². The van der Waals surface area contributed by atoms with Crippen LogP contribution in [0.5, 0.6) is 0 Å². The van der Waals surface area contributed by atoms with E-state index in [1.54, 1.807) is 30.3 Å². The van der Waals surface area contributed by atoms with Crippen molar-refractivity contribution in [3.05, 3.63) is 51.4 Å². The monoisotopic (exact) mass is 327 g/mol. The largest absolute Gasteiger partial charge is 0.380 e. The summed E-state index contributed by atoms with van der Waals surface area (Å²) in [6.45, 7) is 0.431. The zero-order chi connectivity index (χ0) is 15.5. The molecule has 21 heavy (non-hydrogen) atoms. The number of nitrogens with one attached hydrogen (secondary N) is 2. The molecule has 9 heteroatoms. The van der Waals surface area contributed by atoms with Crippen LogP contribution < -0.4 is 10.0 Å². The molecule has 2 N–H and O–H groups in total. The van der Waals surface area contributed by atoms with Crippen LogP contribution in [-0.4, -0.2) is 19.6 Å². The van der Waals surface area contributed by atoms with Crippen molar-refractivity contribution in [3.63, 3.8) is 0 Å². The Morgan fingerprint density at radius 3 is 2.57 bits per heavy atom. The molecule has 0 fully saturated rings. The number of nitro groups is 1. The SMILES string of the molecule is CS(=O)(=O)Nc1cccc(NCc2ccc([N+](=O)[O-])s2)c1. The molecule has 0 bridgehead atoms. The maximum Gasteiger partial charge on any atom is 0.324 e. The van der Waals surface area contributed by atoms with Crippen LogP contribution in [0.1, 0.15) is 4.88 Å². The van der Waals surface area contributed by atoms with E-state index in [0.29, 0.717) is 12.2 Å². The van der Waals surface area contributed by atoms with E-state index in [1.165, 1.54) is 6.07 Å². The van der Waals surface area contributed by atoms with Gasteiger partial charge >= 0.3 is 5.00 Å². The number of hydrogen-bond donors (Lipinski definition) is 2. The Morgan fingerprint density at radius 1 is 1.24 bits per heavy atom. The van der Waals surface area contributed by atoms with E-state index in [0.717, 1.165) is 28.2 Å². The van der Waals surface area contributed by atoms with Gasteiger partial charge in [0.1, 0.15) is 0 Å². The summed E-state index contributed by atoms with van der Waals surface area (Å²) in [5.74, 6) is 0. The number of thiophene rings is 1. The van der Waals surface area contributed by atoms with Crippen LogP contribution in [0.25, 0.3) is 0 Å². The smallest absolute Gasteiger partial charge is 0.324 e. The topological polar surface area (TPSA) is 101 Å². The summed E-state index contributed by atoms with van der Waals surface area (Å²) in [6.07, 6.45) is 1.08. The summed E-state index contributed by atoms with van der Waals surface area (Å²) < 4.78 is 24.7. The second kappa shape index (κ2) is 6.10. The molecule has 1 aromatic carbocycles. The van der Waals surface area contributed by atoms with Gasteiger partial charge in [-0.1, -0.05) is 17.4 Å². The number of anilines is 2. The van der Waals surface area contributed by atoms with Crippen molar-refractivity contribution in [1.82, 2.24) is 0 Å². The fourth-order valence-electron chi connectivity index (χ4n) is 1.66. The fourth-order valence-corrected chi connectivity index (χ4v) is 2.97. The molecule has 0 spiro atoms. The van der Waals surface area contributed by atoms with E-state index in [1.807, 2.05) is 0 Å². The molecule has 0 radical (unpaired) electrons. The third kappa shape index (κ3) is 4.72. The van der Waals surface area contributed by atoms with E-state index < -0.39 is 14.9 Å². The lowest BCUT2D eigenvalue weighted by Gasteiger charge is -2.08. The zero-order valence-corrected chi connectivity index (χ0v) is 12.7. The highest BCUT2D eigenvalue weighted by Crippen LogP contribution is 2.25. The maximum absolute atomic E-state index is 11.2. The Hall–Kier alpha value is -2.13. The van der Waals surface area contributed by atoms with Crippen LogP contribution in [-0.2, 0) is 16.6 Å². The van der Waals surface area contributed by atoms with Crippen LogP contribution in [0, 0.1) is 10.1 Å². The normalized spacial score (nSPS) is 11.1. The summed E-state index contributed by atoms with van der Waals surface area (Å²) in [5, 5.41) is 13.8. The minimum Gasteiger partial charge on any atom is -0.380 e. The molecule has 0 aliphatic heterocycles. The van der Waals surface area contributed by atoms with E-state index in [4.69, 9.17) is 0 Å². The first-order valence-electron chi connectivity index (χ1n) is 5.88. The molecule has 0 saturated carbocycles. The van der Waals surface area contributed by atoms with Crippen LogP contribution in [0.2, 0.25) is 0 Å². The third-order valence-corrected chi connectivity index (χ3v) is 4.10. The minimum atomic E-state index is -3.32. The highest BCUT2D eigenvalue weighted by atomic mass is 32.2. The standard InChI is InChI=1S/C12H13N3O4S2/c1-21(18,19)14-10-4-2-3-9(7-10)13-8-11-5-6-12(20-11)15(16)17/h2-7,13-14H,8H2,1H3. The minimum absolute atomic E-state index is 0.0966. The fraction of sp³-hybridized carbons (Fsp3) is 0.167. The highest BCUT2D eigenvalue weighted by molar-refractivity contribution is 7.92. The average molecular weight is 327 g/mol. The molecule has 0 amide bonds. The first-order valence-corrected chi connectivity index (χ1v) is 8.59. The lowest BCUT2D eigenvalue weighted by molar-refractivity contribution is -0.380.